The Hall–Kier alpha value is -1.23. The quantitative estimate of drug-likeness (QED) is 0.281. The van der Waals surface area contributed by atoms with Crippen molar-refractivity contribution in [2.45, 2.75) is 6.92 Å². The minimum atomic E-state index is -0.468. The van der Waals surface area contributed by atoms with Gasteiger partial charge in [0.2, 0.25) is 0 Å². The topological polar surface area (TPSA) is 76.4 Å². The zero-order valence-corrected chi connectivity index (χ0v) is 6.68. The van der Waals surface area contributed by atoms with Gasteiger partial charge in [0.1, 0.15) is 0 Å². The van der Waals surface area contributed by atoms with E-state index in [2.05, 4.69) is 15.6 Å². The third kappa shape index (κ3) is 3.47. The van der Waals surface area contributed by atoms with Crippen molar-refractivity contribution < 1.29 is 9.53 Å². The number of esters is 1. The van der Waals surface area contributed by atoms with E-state index in [9.17, 15) is 4.79 Å². The molecule has 0 radical (unpaired) electrons. The average Bonchev–Trinajstić information content (AvgIpc) is 2.00. The molecule has 0 saturated heterocycles. The Morgan fingerprint density at radius 1 is 1.73 bits per heavy atom. The van der Waals surface area contributed by atoms with Crippen molar-refractivity contribution in [3.8, 4) is 0 Å². The zero-order valence-electron chi connectivity index (χ0n) is 6.68. The van der Waals surface area contributed by atoms with Gasteiger partial charge in [-0.25, -0.2) is 10.2 Å². The summed E-state index contributed by atoms with van der Waals surface area (Å²) < 4.78 is 4.66. The van der Waals surface area contributed by atoms with Gasteiger partial charge in [-0.3, -0.25) is 0 Å². The molecule has 5 heteroatoms. The van der Waals surface area contributed by atoms with Crippen LogP contribution in [0.5, 0.6) is 0 Å². The van der Waals surface area contributed by atoms with Crippen molar-refractivity contribution in [3.63, 3.8) is 0 Å². The van der Waals surface area contributed by atoms with Crippen molar-refractivity contribution in [2.24, 2.45) is 5.73 Å². The molecule has 0 amide bonds. The van der Waals surface area contributed by atoms with Gasteiger partial charge in [-0.1, -0.05) is 0 Å². The van der Waals surface area contributed by atoms with E-state index < -0.39 is 5.97 Å². The summed E-state index contributed by atoms with van der Waals surface area (Å²) in [5.41, 5.74) is 10.4. The molecule has 0 fully saturated rings. The molecule has 0 rings (SSSR count). The van der Waals surface area contributed by atoms with Gasteiger partial charge >= 0.3 is 5.97 Å². The smallest absolute Gasteiger partial charge is 0.357 e. The Balaban J connectivity index is 3.94. The fraction of sp³-hybridized carbons (Fsp3) is 0.500. The van der Waals surface area contributed by atoms with E-state index in [1.165, 1.54) is 0 Å². The van der Waals surface area contributed by atoms with Crippen LogP contribution in [-0.4, -0.2) is 19.6 Å². The number of hydrogen-bond donors (Lipinski definition) is 3. The third-order valence-electron chi connectivity index (χ3n) is 0.922. The van der Waals surface area contributed by atoms with Crippen LogP contribution >= 0.6 is 0 Å². The van der Waals surface area contributed by atoms with Crippen LogP contribution in [-0.2, 0) is 9.53 Å². The fourth-order valence-electron chi connectivity index (χ4n) is 0.504. The van der Waals surface area contributed by atoms with Crippen molar-refractivity contribution in [1.82, 2.24) is 10.9 Å². The molecule has 0 bridgehead atoms. The van der Waals surface area contributed by atoms with E-state index >= 15 is 0 Å². The highest BCUT2D eigenvalue weighted by Gasteiger charge is 2.07. The van der Waals surface area contributed by atoms with Crippen LogP contribution in [0.25, 0.3) is 0 Å². The predicted octanol–water partition coefficient (Wildman–Crippen LogP) is -0.926. The van der Waals surface area contributed by atoms with Gasteiger partial charge in [0.05, 0.1) is 6.61 Å². The van der Waals surface area contributed by atoms with Gasteiger partial charge in [0.15, 0.2) is 5.70 Å². The van der Waals surface area contributed by atoms with Crippen LogP contribution in [0.3, 0.4) is 0 Å². The van der Waals surface area contributed by atoms with E-state index in [4.69, 9.17) is 5.73 Å². The fourth-order valence-corrected chi connectivity index (χ4v) is 0.504. The van der Waals surface area contributed by atoms with Crippen molar-refractivity contribution >= 4 is 5.97 Å². The molecule has 0 aromatic rings. The summed E-state index contributed by atoms with van der Waals surface area (Å²) in [6.45, 7) is 2.06. The minimum absolute atomic E-state index is 0.203. The summed E-state index contributed by atoms with van der Waals surface area (Å²) >= 11 is 0. The molecular formula is C6H13N3O2. The maximum absolute atomic E-state index is 10.9. The lowest BCUT2D eigenvalue weighted by atomic mass is 10.5. The number of nitrogens with one attached hydrogen (secondary N) is 2. The maximum atomic E-state index is 10.9. The van der Waals surface area contributed by atoms with Crippen LogP contribution < -0.4 is 16.6 Å². The first-order chi connectivity index (χ1) is 5.26. The van der Waals surface area contributed by atoms with E-state index in [0.29, 0.717) is 6.61 Å². The minimum Gasteiger partial charge on any atom is -0.461 e. The number of carbonyl (C=O) groups is 1. The largest absolute Gasteiger partial charge is 0.461 e. The normalized spacial score (nSPS) is 10.9. The van der Waals surface area contributed by atoms with E-state index in [-0.39, 0.29) is 5.70 Å². The van der Waals surface area contributed by atoms with E-state index in [0.717, 1.165) is 6.20 Å². The monoisotopic (exact) mass is 159 g/mol. The van der Waals surface area contributed by atoms with Gasteiger partial charge in [-0.15, -0.1) is 0 Å². The molecule has 0 aromatic carbocycles. The summed E-state index contributed by atoms with van der Waals surface area (Å²) in [4.78, 5) is 10.9. The highest BCUT2D eigenvalue weighted by atomic mass is 16.5. The molecule has 0 unspecified atom stereocenters. The molecule has 0 spiro atoms. The number of rotatable bonds is 4. The van der Waals surface area contributed by atoms with E-state index in [1.54, 1.807) is 14.0 Å². The van der Waals surface area contributed by atoms with Crippen LogP contribution in [0, 0.1) is 0 Å². The summed E-state index contributed by atoms with van der Waals surface area (Å²) in [6, 6.07) is 0. The Kier molecular flexibility index (Phi) is 4.93. The van der Waals surface area contributed by atoms with Gasteiger partial charge < -0.3 is 15.9 Å². The molecular weight excluding hydrogens is 146 g/mol. The predicted molar refractivity (Wildman–Crippen MR) is 41.1 cm³/mol. The molecule has 0 aromatic heterocycles. The highest BCUT2D eigenvalue weighted by Crippen LogP contribution is 1.88. The number of nitrogens with two attached hydrogens (primary N) is 1. The first kappa shape index (κ1) is 9.77. The Labute approximate surface area is 65.6 Å². The molecule has 0 atom stereocenters. The van der Waals surface area contributed by atoms with Crippen molar-refractivity contribution in [2.75, 3.05) is 13.7 Å². The molecule has 64 valence electrons. The first-order valence-electron chi connectivity index (χ1n) is 3.28. The number of carbonyl (C=O) groups excluding carboxylic acids is 1. The van der Waals surface area contributed by atoms with Gasteiger partial charge in [0.25, 0.3) is 0 Å². The van der Waals surface area contributed by atoms with Gasteiger partial charge in [-0.2, -0.15) is 0 Å². The van der Waals surface area contributed by atoms with Crippen molar-refractivity contribution in [3.05, 3.63) is 11.9 Å². The summed E-state index contributed by atoms with van der Waals surface area (Å²) in [7, 11) is 1.63. The Morgan fingerprint density at radius 2 is 2.36 bits per heavy atom. The molecule has 0 saturated carbocycles. The maximum Gasteiger partial charge on any atom is 0.357 e. The molecule has 4 N–H and O–H groups in total. The lowest BCUT2D eigenvalue weighted by Crippen LogP contribution is -2.32. The lowest BCUT2D eigenvalue weighted by Gasteiger charge is -2.06. The zero-order chi connectivity index (χ0) is 8.69. The number of hydrogen-bond acceptors (Lipinski definition) is 5. The standard InChI is InChI=1S/C6H13N3O2/c1-3-11-6(10)5(4-7)9-8-2/h4,8-9H,3,7H2,1-2H3/b5-4-. The number of ether oxygens (including phenoxy) is 1. The third-order valence-corrected chi connectivity index (χ3v) is 0.922. The van der Waals surface area contributed by atoms with Crippen molar-refractivity contribution in [1.29, 1.82) is 0 Å². The first-order valence-corrected chi connectivity index (χ1v) is 3.28. The summed E-state index contributed by atoms with van der Waals surface area (Å²) in [6.07, 6.45) is 1.15. The molecule has 0 heterocycles. The Morgan fingerprint density at radius 3 is 2.73 bits per heavy atom. The van der Waals surface area contributed by atoms with Crippen LogP contribution in [0.1, 0.15) is 6.92 Å². The van der Waals surface area contributed by atoms with Crippen LogP contribution in [0.2, 0.25) is 0 Å². The van der Waals surface area contributed by atoms with E-state index in [1.807, 2.05) is 0 Å². The second-order valence-corrected chi connectivity index (χ2v) is 1.68. The second kappa shape index (κ2) is 5.55. The Bertz CT molecular complexity index is 156. The van der Waals surface area contributed by atoms with Crippen LogP contribution in [0.15, 0.2) is 11.9 Å². The van der Waals surface area contributed by atoms with Crippen LogP contribution in [0.4, 0.5) is 0 Å². The SMILES string of the molecule is CCOC(=O)/C(=C/N)NNC. The molecule has 0 aliphatic rings. The molecule has 5 nitrogen and oxygen atoms in total. The molecule has 0 aliphatic heterocycles. The molecule has 0 aliphatic carbocycles. The lowest BCUT2D eigenvalue weighted by molar-refractivity contribution is -0.139. The second-order valence-electron chi connectivity index (χ2n) is 1.68. The summed E-state index contributed by atoms with van der Waals surface area (Å²) in [5.74, 6) is -0.468. The molecule has 11 heavy (non-hydrogen) atoms. The summed E-state index contributed by atoms with van der Waals surface area (Å²) in [5, 5.41) is 0. The average molecular weight is 159 g/mol. The van der Waals surface area contributed by atoms with Gasteiger partial charge in [0, 0.05) is 13.2 Å². The van der Waals surface area contributed by atoms with Gasteiger partial charge in [-0.05, 0) is 6.92 Å². The highest BCUT2D eigenvalue weighted by molar-refractivity contribution is 5.87. The number of hydrazine groups is 1.